The third kappa shape index (κ3) is 2.89. The van der Waals surface area contributed by atoms with E-state index in [4.69, 9.17) is 14.2 Å². The van der Waals surface area contributed by atoms with Gasteiger partial charge in [0.25, 0.3) is 10.0 Å². The van der Waals surface area contributed by atoms with Crippen molar-refractivity contribution in [2.24, 2.45) is 0 Å². The Hall–Kier alpha value is -2.41. The molecule has 1 N–H and O–H groups in total. The molecule has 132 valence electrons. The quantitative estimate of drug-likeness (QED) is 0.906. The third-order valence-corrected chi connectivity index (χ3v) is 6.05. The Morgan fingerprint density at radius 1 is 1.00 bits per heavy atom. The molecule has 0 radical (unpaired) electrons. The molecule has 0 saturated carbocycles. The standard InChI is InChI=1S/C18H19NO5S/c1-22-15-8-9-18(14-5-3-2-4-13(14)15)25(20,21)19-12-6-7-16-17(10-12)24-11-23-16/h6-10,19H,2-5,11H2,1H3. The van der Waals surface area contributed by atoms with Gasteiger partial charge in [0.15, 0.2) is 11.5 Å². The van der Waals surface area contributed by atoms with Crippen LogP contribution in [-0.2, 0) is 22.9 Å². The Balaban J connectivity index is 1.71. The van der Waals surface area contributed by atoms with Crippen molar-refractivity contribution in [2.45, 2.75) is 30.6 Å². The summed E-state index contributed by atoms with van der Waals surface area (Å²) in [6, 6.07) is 8.36. The highest BCUT2D eigenvalue weighted by atomic mass is 32.2. The molecule has 0 saturated heterocycles. The molecule has 1 aliphatic carbocycles. The third-order valence-electron chi connectivity index (χ3n) is 4.58. The molecule has 0 atom stereocenters. The lowest BCUT2D eigenvalue weighted by Crippen LogP contribution is -2.18. The van der Waals surface area contributed by atoms with Crippen LogP contribution in [0.5, 0.6) is 17.2 Å². The smallest absolute Gasteiger partial charge is 0.262 e. The average molecular weight is 361 g/mol. The number of methoxy groups -OCH3 is 1. The van der Waals surface area contributed by atoms with Gasteiger partial charge in [-0.05, 0) is 61.1 Å². The number of hydrogen-bond donors (Lipinski definition) is 1. The van der Waals surface area contributed by atoms with Crippen molar-refractivity contribution in [3.63, 3.8) is 0 Å². The number of fused-ring (bicyclic) bond motifs is 2. The van der Waals surface area contributed by atoms with Crippen LogP contribution < -0.4 is 18.9 Å². The maximum Gasteiger partial charge on any atom is 0.262 e. The number of sulfonamides is 1. The van der Waals surface area contributed by atoms with Gasteiger partial charge >= 0.3 is 0 Å². The van der Waals surface area contributed by atoms with E-state index in [-0.39, 0.29) is 6.79 Å². The lowest BCUT2D eigenvalue weighted by atomic mass is 9.91. The molecule has 7 heteroatoms. The van der Waals surface area contributed by atoms with E-state index in [1.165, 1.54) is 0 Å². The highest BCUT2D eigenvalue weighted by molar-refractivity contribution is 7.92. The van der Waals surface area contributed by atoms with Crippen LogP contribution in [0.15, 0.2) is 35.2 Å². The van der Waals surface area contributed by atoms with Gasteiger partial charge in [0.1, 0.15) is 5.75 Å². The van der Waals surface area contributed by atoms with E-state index in [1.54, 1.807) is 37.4 Å². The van der Waals surface area contributed by atoms with E-state index in [1.807, 2.05) is 0 Å². The molecular weight excluding hydrogens is 342 g/mol. The van der Waals surface area contributed by atoms with E-state index in [2.05, 4.69) is 4.72 Å². The number of hydrogen-bond acceptors (Lipinski definition) is 5. The van der Waals surface area contributed by atoms with E-state index >= 15 is 0 Å². The van der Waals surface area contributed by atoms with E-state index in [0.717, 1.165) is 42.6 Å². The average Bonchev–Trinajstić information content (AvgIpc) is 3.08. The minimum absolute atomic E-state index is 0.150. The van der Waals surface area contributed by atoms with Gasteiger partial charge in [0.2, 0.25) is 6.79 Å². The maximum atomic E-state index is 12.9. The van der Waals surface area contributed by atoms with Gasteiger partial charge < -0.3 is 14.2 Å². The summed E-state index contributed by atoms with van der Waals surface area (Å²) in [6.07, 6.45) is 3.60. The number of ether oxygens (including phenoxy) is 3. The van der Waals surface area contributed by atoms with Gasteiger partial charge in [-0.3, -0.25) is 4.72 Å². The first kappa shape index (κ1) is 16.1. The zero-order valence-electron chi connectivity index (χ0n) is 13.9. The Kier molecular flexibility index (Phi) is 3.95. The van der Waals surface area contributed by atoms with Crippen LogP contribution in [0.1, 0.15) is 24.0 Å². The van der Waals surface area contributed by atoms with Crippen LogP contribution in [0.2, 0.25) is 0 Å². The fourth-order valence-corrected chi connectivity index (χ4v) is 4.76. The molecule has 25 heavy (non-hydrogen) atoms. The predicted octanol–water partition coefficient (Wildman–Crippen LogP) is 3.10. The second-order valence-corrected chi connectivity index (χ2v) is 7.75. The van der Waals surface area contributed by atoms with Gasteiger partial charge in [0.05, 0.1) is 17.7 Å². The molecule has 0 bridgehead atoms. The lowest BCUT2D eigenvalue weighted by Gasteiger charge is -2.22. The van der Waals surface area contributed by atoms with Gasteiger partial charge in [-0.1, -0.05) is 0 Å². The molecule has 0 spiro atoms. The van der Waals surface area contributed by atoms with Crippen LogP contribution in [0.4, 0.5) is 5.69 Å². The highest BCUT2D eigenvalue weighted by Crippen LogP contribution is 2.37. The predicted molar refractivity (Wildman–Crippen MR) is 93.0 cm³/mol. The van der Waals surface area contributed by atoms with Gasteiger partial charge in [0, 0.05) is 6.07 Å². The molecule has 0 aromatic heterocycles. The molecular formula is C18H19NO5S. The molecule has 2 aromatic rings. The second kappa shape index (κ2) is 6.15. The van der Waals surface area contributed by atoms with E-state index in [0.29, 0.717) is 22.1 Å². The molecule has 2 aromatic carbocycles. The first-order chi connectivity index (χ1) is 12.1. The van der Waals surface area contributed by atoms with Crippen LogP contribution in [0.25, 0.3) is 0 Å². The summed E-state index contributed by atoms with van der Waals surface area (Å²) >= 11 is 0. The Bertz CT molecular complexity index is 923. The summed E-state index contributed by atoms with van der Waals surface area (Å²) in [4.78, 5) is 0.320. The molecule has 4 rings (SSSR count). The molecule has 1 aliphatic heterocycles. The normalized spacial score (nSPS) is 15.6. The summed E-state index contributed by atoms with van der Waals surface area (Å²) in [5.74, 6) is 1.92. The topological polar surface area (TPSA) is 73.9 Å². The van der Waals surface area contributed by atoms with Crippen LogP contribution in [-0.4, -0.2) is 22.3 Å². The summed E-state index contributed by atoms with van der Waals surface area (Å²) in [6.45, 7) is 0.150. The fourth-order valence-electron chi connectivity index (χ4n) is 3.41. The summed E-state index contributed by atoms with van der Waals surface area (Å²) in [5.41, 5.74) is 2.31. The molecule has 1 heterocycles. The number of benzene rings is 2. The Labute approximate surface area is 146 Å². The van der Waals surface area contributed by atoms with Gasteiger partial charge in [-0.25, -0.2) is 8.42 Å². The van der Waals surface area contributed by atoms with Crippen LogP contribution in [0.3, 0.4) is 0 Å². The van der Waals surface area contributed by atoms with Crippen LogP contribution >= 0.6 is 0 Å². The summed E-state index contributed by atoms with van der Waals surface area (Å²) in [7, 11) is -2.08. The molecule has 0 amide bonds. The molecule has 0 fully saturated rings. The lowest BCUT2D eigenvalue weighted by molar-refractivity contribution is 0.174. The minimum atomic E-state index is -3.70. The maximum absolute atomic E-state index is 12.9. The second-order valence-electron chi connectivity index (χ2n) is 6.10. The van der Waals surface area contributed by atoms with Gasteiger partial charge in [-0.2, -0.15) is 0 Å². The largest absolute Gasteiger partial charge is 0.496 e. The van der Waals surface area contributed by atoms with Crippen molar-refractivity contribution < 1.29 is 22.6 Å². The Morgan fingerprint density at radius 3 is 2.56 bits per heavy atom. The van der Waals surface area contributed by atoms with Gasteiger partial charge in [-0.15, -0.1) is 0 Å². The summed E-state index contributed by atoms with van der Waals surface area (Å²) in [5, 5.41) is 0. The number of nitrogens with one attached hydrogen (secondary N) is 1. The number of rotatable bonds is 4. The number of anilines is 1. The van der Waals surface area contributed by atoms with Crippen molar-refractivity contribution in [3.8, 4) is 17.2 Å². The summed E-state index contributed by atoms with van der Waals surface area (Å²) < 4.78 is 44.5. The first-order valence-electron chi connectivity index (χ1n) is 8.20. The molecule has 2 aliphatic rings. The SMILES string of the molecule is COc1ccc(S(=O)(=O)Nc2ccc3c(c2)OCO3)c2c1CCCC2. The molecule has 6 nitrogen and oxygen atoms in total. The zero-order valence-corrected chi connectivity index (χ0v) is 14.7. The molecule has 0 unspecified atom stereocenters. The van der Waals surface area contributed by atoms with Crippen molar-refractivity contribution in [1.29, 1.82) is 0 Å². The zero-order chi connectivity index (χ0) is 17.4. The van der Waals surface area contributed by atoms with E-state index in [9.17, 15) is 8.42 Å². The van der Waals surface area contributed by atoms with Crippen molar-refractivity contribution in [1.82, 2.24) is 0 Å². The van der Waals surface area contributed by atoms with Crippen LogP contribution in [0, 0.1) is 0 Å². The van der Waals surface area contributed by atoms with Crippen molar-refractivity contribution >= 4 is 15.7 Å². The Morgan fingerprint density at radius 2 is 1.76 bits per heavy atom. The fraction of sp³-hybridized carbons (Fsp3) is 0.333. The minimum Gasteiger partial charge on any atom is -0.496 e. The van der Waals surface area contributed by atoms with E-state index < -0.39 is 10.0 Å². The van der Waals surface area contributed by atoms with Crippen molar-refractivity contribution in [2.75, 3.05) is 18.6 Å². The monoisotopic (exact) mass is 361 g/mol. The highest BCUT2D eigenvalue weighted by Gasteiger charge is 2.25. The first-order valence-corrected chi connectivity index (χ1v) is 9.68. The van der Waals surface area contributed by atoms with Crippen molar-refractivity contribution in [3.05, 3.63) is 41.5 Å².